The minimum Gasteiger partial charge on any atom is -0.463 e. The average molecular weight is 269 g/mol. The van der Waals surface area contributed by atoms with E-state index in [-0.39, 0.29) is 6.61 Å². The standard InChI is InChI=1S/C12H23N5O2/c1-3-9-19-12-16-10(13-2)15-11(17-12)14-7-5-4-6-8-18/h18H,3-9H2,1-2H3,(H2,13,14,15,16,17). The van der Waals surface area contributed by atoms with E-state index in [0.29, 0.717) is 24.5 Å². The molecule has 0 radical (unpaired) electrons. The zero-order chi connectivity index (χ0) is 13.9. The SMILES string of the molecule is CCCOc1nc(NC)nc(NCCCCCO)n1. The molecule has 7 nitrogen and oxygen atoms in total. The second-order valence-electron chi connectivity index (χ2n) is 4.07. The number of nitrogens with zero attached hydrogens (tertiary/aromatic N) is 3. The zero-order valence-electron chi connectivity index (χ0n) is 11.6. The number of anilines is 2. The molecular formula is C12H23N5O2. The van der Waals surface area contributed by atoms with Gasteiger partial charge in [-0.05, 0) is 25.7 Å². The Bertz CT molecular complexity index is 362. The summed E-state index contributed by atoms with van der Waals surface area (Å²) in [5.41, 5.74) is 0. The van der Waals surface area contributed by atoms with Gasteiger partial charge < -0.3 is 20.5 Å². The Morgan fingerprint density at radius 3 is 2.58 bits per heavy atom. The summed E-state index contributed by atoms with van der Waals surface area (Å²) < 4.78 is 5.41. The van der Waals surface area contributed by atoms with Gasteiger partial charge >= 0.3 is 6.01 Å². The van der Waals surface area contributed by atoms with Crippen LogP contribution in [-0.2, 0) is 0 Å². The van der Waals surface area contributed by atoms with Crippen LogP contribution in [0.4, 0.5) is 11.9 Å². The summed E-state index contributed by atoms with van der Waals surface area (Å²) in [4.78, 5) is 12.5. The lowest BCUT2D eigenvalue weighted by Crippen LogP contribution is -2.10. The summed E-state index contributed by atoms with van der Waals surface area (Å²) in [5.74, 6) is 0.994. The van der Waals surface area contributed by atoms with Crippen molar-refractivity contribution in [3.05, 3.63) is 0 Å². The molecule has 0 saturated carbocycles. The third-order valence-electron chi connectivity index (χ3n) is 2.39. The lowest BCUT2D eigenvalue weighted by atomic mass is 10.2. The Hall–Kier alpha value is -1.63. The highest BCUT2D eigenvalue weighted by Gasteiger charge is 2.05. The van der Waals surface area contributed by atoms with Crippen molar-refractivity contribution in [2.45, 2.75) is 32.6 Å². The maximum atomic E-state index is 8.69. The summed E-state index contributed by atoms with van der Waals surface area (Å²) >= 11 is 0. The average Bonchev–Trinajstić information content (AvgIpc) is 2.44. The number of aliphatic hydroxyl groups is 1. The van der Waals surface area contributed by atoms with E-state index < -0.39 is 0 Å². The van der Waals surface area contributed by atoms with Gasteiger partial charge in [0.25, 0.3) is 0 Å². The van der Waals surface area contributed by atoms with Gasteiger partial charge in [-0.2, -0.15) is 15.0 Å². The van der Waals surface area contributed by atoms with E-state index in [4.69, 9.17) is 9.84 Å². The molecule has 0 fully saturated rings. The first-order valence-electron chi connectivity index (χ1n) is 6.71. The summed E-state index contributed by atoms with van der Waals surface area (Å²) in [6.45, 7) is 3.62. The molecule has 0 saturated heterocycles. The topological polar surface area (TPSA) is 92.2 Å². The fourth-order valence-electron chi connectivity index (χ4n) is 1.42. The highest BCUT2D eigenvalue weighted by atomic mass is 16.5. The molecule has 19 heavy (non-hydrogen) atoms. The number of nitrogens with one attached hydrogen (secondary N) is 2. The third-order valence-corrected chi connectivity index (χ3v) is 2.39. The van der Waals surface area contributed by atoms with Crippen LogP contribution >= 0.6 is 0 Å². The smallest absolute Gasteiger partial charge is 0.323 e. The van der Waals surface area contributed by atoms with Crippen LogP contribution in [0.5, 0.6) is 6.01 Å². The number of aliphatic hydroxyl groups excluding tert-OH is 1. The number of ether oxygens (including phenoxy) is 1. The molecule has 0 unspecified atom stereocenters. The summed E-state index contributed by atoms with van der Waals surface area (Å²) in [6, 6.07) is 0.332. The summed E-state index contributed by atoms with van der Waals surface area (Å²) in [6.07, 6.45) is 3.68. The van der Waals surface area contributed by atoms with E-state index in [1.807, 2.05) is 6.92 Å². The molecule has 0 aromatic carbocycles. The van der Waals surface area contributed by atoms with Crippen molar-refractivity contribution < 1.29 is 9.84 Å². The molecule has 0 spiro atoms. The lowest BCUT2D eigenvalue weighted by Gasteiger charge is -2.08. The molecule has 1 heterocycles. The van der Waals surface area contributed by atoms with Gasteiger partial charge in [-0.1, -0.05) is 6.92 Å². The van der Waals surface area contributed by atoms with Gasteiger partial charge in [0.1, 0.15) is 0 Å². The number of rotatable bonds is 10. The van der Waals surface area contributed by atoms with E-state index in [1.165, 1.54) is 0 Å². The van der Waals surface area contributed by atoms with Crippen LogP contribution in [0.1, 0.15) is 32.6 Å². The number of unbranched alkanes of at least 4 members (excludes halogenated alkanes) is 2. The van der Waals surface area contributed by atoms with Gasteiger partial charge in [-0.15, -0.1) is 0 Å². The number of hydrogen-bond donors (Lipinski definition) is 3. The molecule has 0 amide bonds. The van der Waals surface area contributed by atoms with Crippen LogP contribution < -0.4 is 15.4 Å². The monoisotopic (exact) mass is 269 g/mol. The maximum Gasteiger partial charge on any atom is 0.323 e. The fourth-order valence-corrected chi connectivity index (χ4v) is 1.42. The minimum atomic E-state index is 0.241. The molecule has 0 bridgehead atoms. The van der Waals surface area contributed by atoms with Crippen LogP contribution in [0.15, 0.2) is 0 Å². The van der Waals surface area contributed by atoms with Gasteiger partial charge in [-0.3, -0.25) is 0 Å². The molecule has 0 aliphatic rings. The number of hydrogen-bond acceptors (Lipinski definition) is 7. The molecular weight excluding hydrogens is 246 g/mol. The Morgan fingerprint density at radius 2 is 1.89 bits per heavy atom. The van der Waals surface area contributed by atoms with Gasteiger partial charge in [0.05, 0.1) is 6.61 Å². The normalized spacial score (nSPS) is 10.3. The molecule has 1 aromatic rings. The highest BCUT2D eigenvalue weighted by molar-refractivity contribution is 5.35. The van der Waals surface area contributed by atoms with Crippen LogP contribution in [0.2, 0.25) is 0 Å². The first-order chi connectivity index (χ1) is 9.30. The second-order valence-corrected chi connectivity index (χ2v) is 4.07. The summed E-state index contributed by atoms with van der Waals surface area (Å²) in [5, 5.41) is 14.7. The van der Waals surface area contributed by atoms with Crippen molar-refractivity contribution in [2.24, 2.45) is 0 Å². The summed E-state index contributed by atoms with van der Waals surface area (Å²) in [7, 11) is 1.75. The van der Waals surface area contributed by atoms with Gasteiger partial charge in [0, 0.05) is 20.2 Å². The molecule has 0 aliphatic heterocycles. The molecule has 7 heteroatoms. The van der Waals surface area contributed by atoms with Crippen LogP contribution in [0.25, 0.3) is 0 Å². The van der Waals surface area contributed by atoms with E-state index in [1.54, 1.807) is 7.05 Å². The van der Waals surface area contributed by atoms with Crippen molar-refractivity contribution in [2.75, 3.05) is 37.4 Å². The predicted molar refractivity (Wildman–Crippen MR) is 74.6 cm³/mol. The molecule has 1 rings (SSSR count). The van der Waals surface area contributed by atoms with Crippen molar-refractivity contribution in [1.29, 1.82) is 0 Å². The largest absolute Gasteiger partial charge is 0.463 e. The van der Waals surface area contributed by atoms with E-state index in [2.05, 4.69) is 25.6 Å². The van der Waals surface area contributed by atoms with Crippen LogP contribution in [0.3, 0.4) is 0 Å². The Kier molecular flexibility index (Phi) is 7.57. The maximum absolute atomic E-state index is 8.69. The zero-order valence-corrected chi connectivity index (χ0v) is 11.6. The van der Waals surface area contributed by atoms with E-state index in [9.17, 15) is 0 Å². The first kappa shape index (κ1) is 15.4. The quantitative estimate of drug-likeness (QED) is 0.551. The van der Waals surface area contributed by atoms with Gasteiger partial charge in [-0.25, -0.2) is 0 Å². The number of aromatic nitrogens is 3. The van der Waals surface area contributed by atoms with E-state index >= 15 is 0 Å². The predicted octanol–water partition coefficient (Wildman–Crippen LogP) is 1.28. The minimum absolute atomic E-state index is 0.241. The Balaban J connectivity index is 2.50. The fraction of sp³-hybridized carbons (Fsp3) is 0.750. The van der Waals surface area contributed by atoms with Crippen LogP contribution in [-0.4, -0.2) is 46.9 Å². The Labute approximate surface area is 113 Å². The van der Waals surface area contributed by atoms with E-state index in [0.717, 1.165) is 32.2 Å². The molecule has 0 aliphatic carbocycles. The van der Waals surface area contributed by atoms with Crippen molar-refractivity contribution >= 4 is 11.9 Å². The van der Waals surface area contributed by atoms with Gasteiger partial charge in [0.2, 0.25) is 11.9 Å². The van der Waals surface area contributed by atoms with Crippen molar-refractivity contribution in [1.82, 2.24) is 15.0 Å². The molecule has 1 aromatic heterocycles. The molecule has 108 valence electrons. The second kappa shape index (κ2) is 9.32. The molecule has 3 N–H and O–H groups in total. The van der Waals surface area contributed by atoms with Gasteiger partial charge in [0.15, 0.2) is 0 Å². The lowest BCUT2D eigenvalue weighted by molar-refractivity contribution is 0.283. The first-order valence-corrected chi connectivity index (χ1v) is 6.71. The highest BCUT2D eigenvalue weighted by Crippen LogP contribution is 2.11. The third kappa shape index (κ3) is 6.19. The molecule has 0 atom stereocenters. The van der Waals surface area contributed by atoms with Crippen molar-refractivity contribution in [3.63, 3.8) is 0 Å². The van der Waals surface area contributed by atoms with Crippen LogP contribution in [0, 0.1) is 0 Å². The van der Waals surface area contributed by atoms with Crippen molar-refractivity contribution in [3.8, 4) is 6.01 Å². The Morgan fingerprint density at radius 1 is 1.11 bits per heavy atom.